The van der Waals surface area contributed by atoms with E-state index in [1.807, 2.05) is 52.5 Å². The van der Waals surface area contributed by atoms with Crippen molar-refractivity contribution >= 4 is 33.8 Å². The predicted molar refractivity (Wildman–Crippen MR) is 87.4 cm³/mol. The zero-order chi connectivity index (χ0) is 14.2. The minimum absolute atomic E-state index is 0.581. The minimum atomic E-state index is 0.581. The van der Waals surface area contributed by atoms with Gasteiger partial charge in [0, 0.05) is 5.56 Å². The van der Waals surface area contributed by atoms with Crippen LogP contribution in [0.3, 0.4) is 0 Å². The van der Waals surface area contributed by atoms with E-state index < -0.39 is 0 Å². The van der Waals surface area contributed by atoms with E-state index in [1.165, 1.54) is 0 Å². The Bertz CT molecular complexity index is 966. The van der Waals surface area contributed by atoms with E-state index in [4.69, 9.17) is 12.2 Å². The molecule has 21 heavy (non-hydrogen) atoms. The molecule has 0 bridgehead atoms. The van der Waals surface area contributed by atoms with Crippen LogP contribution in [-0.2, 0) is 0 Å². The third kappa shape index (κ3) is 2.09. The molecule has 4 aromatic rings. The Morgan fingerprint density at radius 3 is 2.81 bits per heavy atom. The number of rotatable bonds is 2. The fraction of sp³-hybridized carbons (Fsp3) is 0. The van der Waals surface area contributed by atoms with Crippen LogP contribution in [0.4, 0.5) is 0 Å². The van der Waals surface area contributed by atoms with Gasteiger partial charge >= 0.3 is 0 Å². The van der Waals surface area contributed by atoms with Crippen molar-refractivity contribution in [1.29, 1.82) is 0 Å². The first-order valence-electron chi connectivity index (χ1n) is 6.39. The lowest BCUT2D eigenvalue weighted by Gasteiger charge is -2.06. The summed E-state index contributed by atoms with van der Waals surface area (Å²) >= 11 is 7.01. The summed E-state index contributed by atoms with van der Waals surface area (Å²) in [5.41, 5.74) is 4.86. The third-order valence-corrected chi connectivity index (χ3v) is 4.34. The summed E-state index contributed by atoms with van der Waals surface area (Å²) in [6, 6.07) is 16.1. The van der Waals surface area contributed by atoms with Gasteiger partial charge in [0.15, 0.2) is 10.6 Å². The molecule has 0 radical (unpaired) electrons. The molecule has 0 unspecified atom stereocenters. The smallest absolute Gasteiger partial charge is 0.200 e. The lowest BCUT2D eigenvalue weighted by Crippen LogP contribution is -1.97. The first kappa shape index (κ1) is 12.4. The number of H-pyrrole nitrogens is 1. The highest BCUT2D eigenvalue weighted by Gasteiger charge is 2.11. The van der Waals surface area contributed by atoms with Gasteiger partial charge in [-0.1, -0.05) is 30.3 Å². The summed E-state index contributed by atoms with van der Waals surface area (Å²) in [7, 11) is 0. The highest BCUT2D eigenvalue weighted by atomic mass is 32.1. The van der Waals surface area contributed by atoms with E-state index in [2.05, 4.69) is 21.2 Å². The summed E-state index contributed by atoms with van der Waals surface area (Å²) in [5.74, 6) is 0.810. The summed E-state index contributed by atoms with van der Waals surface area (Å²) in [5, 5.41) is 7.24. The molecule has 4 rings (SSSR count). The maximum Gasteiger partial charge on any atom is 0.200 e. The molecular weight excluding hydrogens is 300 g/mol. The van der Waals surface area contributed by atoms with E-state index in [1.54, 1.807) is 11.3 Å². The second-order valence-corrected chi connectivity index (χ2v) is 5.83. The van der Waals surface area contributed by atoms with Crippen LogP contribution in [0.1, 0.15) is 0 Å². The number of aromatic amines is 1. The Hall–Kier alpha value is -2.31. The van der Waals surface area contributed by atoms with Gasteiger partial charge in [-0.05, 0) is 30.4 Å². The van der Waals surface area contributed by atoms with Gasteiger partial charge in [-0.15, -0.1) is 11.3 Å². The molecule has 0 aliphatic rings. The predicted octanol–water partition coefficient (Wildman–Crippen LogP) is 4.21. The van der Waals surface area contributed by atoms with E-state index in [9.17, 15) is 0 Å². The zero-order valence-electron chi connectivity index (χ0n) is 10.9. The number of fused-ring (bicyclic) bond motifs is 1. The molecular formula is C15H10N4S2. The SMILES string of the molecule is S=c1[nH]nc(-c2ccccc2)n1-c1ccc2ncsc2c1. The van der Waals surface area contributed by atoms with Gasteiger partial charge in [-0.25, -0.2) is 4.98 Å². The quantitative estimate of drug-likeness (QED) is 0.564. The van der Waals surface area contributed by atoms with Gasteiger partial charge < -0.3 is 0 Å². The van der Waals surface area contributed by atoms with Crippen LogP contribution in [0.2, 0.25) is 0 Å². The molecule has 0 atom stereocenters. The van der Waals surface area contributed by atoms with Crippen molar-refractivity contribution in [3.8, 4) is 17.1 Å². The fourth-order valence-corrected chi connectivity index (χ4v) is 3.25. The van der Waals surface area contributed by atoms with Crippen LogP contribution in [0.15, 0.2) is 54.0 Å². The molecule has 2 aromatic carbocycles. The Morgan fingerprint density at radius 2 is 1.95 bits per heavy atom. The molecule has 1 N–H and O–H groups in total. The second kappa shape index (κ2) is 4.91. The van der Waals surface area contributed by atoms with Crippen LogP contribution in [0.25, 0.3) is 27.3 Å². The number of nitrogens with one attached hydrogen (secondary N) is 1. The van der Waals surface area contributed by atoms with Crippen molar-refractivity contribution in [2.24, 2.45) is 0 Å². The zero-order valence-corrected chi connectivity index (χ0v) is 12.5. The monoisotopic (exact) mass is 310 g/mol. The summed E-state index contributed by atoms with van der Waals surface area (Å²) in [4.78, 5) is 4.30. The van der Waals surface area contributed by atoms with Crippen molar-refractivity contribution in [3.05, 3.63) is 58.8 Å². The maximum absolute atomic E-state index is 5.39. The number of hydrogen-bond donors (Lipinski definition) is 1. The molecule has 6 heteroatoms. The largest absolute Gasteiger partial charge is 0.268 e. The van der Waals surface area contributed by atoms with Crippen LogP contribution >= 0.6 is 23.6 Å². The molecule has 0 saturated carbocycles. The minimum Gasteiger partial charge on any atom is -0.268 e. The molecule has 0 spiro atoms. The standard InChI is InChI=1S/C15H10N4S2/c20-15-18-17-14(10-4-2-1-3-5-10)19(15)11-6-7-12-13(8-11)21-9-16-12/h1-9H,(H,18,20). The molecule has 2 aromatic heterocycles. The summed E-state index contributed by atoms with van der Waals surface area (Å²) in [6.45, 7) is 0. The Balaban J connectivity index is 1.96. The molecule has 0 aliphatic heterocycles. The lowest BCUT2D eigenvalue weighted by molar-refractivity contribution is 1.04. The number of benzene rings is 2. The van der Waals surface area contributed by atoms with Crippen molar-refractivity contribution in [2.75, 3.05) is 0 Å². The average molecular weight is 310 g/mol. The molecule has 102 valence electrons. The highest BCUT2D eigenvalue weighted by molar-refractivity contribution is 7.71. The Kier molecular flexibility index (Phi) is 2.90. The van der Waals surface area contributed by atoms with E-state index in [0.717, 1.165) is 27.3 Å². The van der Waals surface area contributed by atoms with E-state index in [0.29, 0.717) is 4.77 Å². The fourth-order valence-electron chi connectivity index (χ4n) is 2.30. The van der Waals surface area contributed by atoms with Gasteiger partial charge in [0.1, 0.15) is 0 Å². The molecule has 0 saturated heterocycles. The van der Waals surface area contributed by atoms with Crippen LogP contribution in [0.5, 0.6) is 0 Å². The Labute approximate surface area is 129 Å². The molecule has 0 aliphatic carbocycles. The number of nitrogens with zero attached hydrogens (tertiary/aromatic N) is 3. The third-order valence-electron chi connectivity index (χ3n) is 3.28. The molecule has 0 fully saturated rings. The van der Waals surface area contributed by atoms with Gasteiger partial charge in [-0.3, -0.25) is 9.67 Å². The summed E-state index contributed by atoms with van der Waals surface area (Å²) < 4.78 is 3.66. The number of hydrogen-bond acceptors (Lipinski definition) is 4. The number of aromatic nitrogens is 4. The van der Waals surface area contributed by atoms with Crippen LogP contribution < -0.4 is 0 Å². The van der Waals surface area contributed by atoms with Crippen LogP contribution in [-0.4, -0.2) is 19.7 Å². The first-order valence-corrected chi connectivity index (χ1v) is 7.68. The van der Waals surface area contributed by atoms with Crippen molar-refractivity contribution in [3.63, 3.8) is 0 Å². The second-order valence-electron chi connectivity index (χ2n) is 4.56. The van der Waals surface area contributed by atoms with E-state index >= 15 is 0 Å². The van der Waals surface area contributed by atoms with Crippen LogP contribution in [0, 0.1) is 4.77 Å². The first-order chi connectivity index (χ1) is 10.3. The van der Waals surface area contributed by atoms with Gasteiger partial charge in [0.05, 0.1) is 21.4 Å². The van der Waals surface area contributed by atoms with Crippen molar-refractivity contribution in [1.82, 2.24) is 19.7 Å². The van der Waals surface area contributed by atoms with Crippen molar-refractivity contribution < 1.29 is 0 Å². The summed E-state index contributed by atoms with van der Waals surface area (Å²) in [6.07, 6.45) is 0. The molecule has 0 amide bonds. The Morgan fingerprint density at radius 1 is 1.10 bits per heavy atom. The normalized spacial score (nSPS) is 11.0. The average Bonchev–Trinajstić information content (AvgIpc) is 3.13. The molecule has 4 nitrogen and oxygen atoms in total. The lowest BCUT2D eigenvalue weighted by atomic mass is 10.2. The van der Waals surface area contributed by atoms with Gasteiger partial charge in [0.2, 0.25) is 0 Å². The highest BCUT2D eigenvalue weighted by Crippen LogP contribution is 2.25. The maximum atomic E-state index is 5.39. The van der Waals surface area contributed by atoms with Crippen molar-refractivity contribution in [2.45, 2.75) is 0 Å². The van der Waals surface area contributed by atoms with Gasteiger partial charge in [-0.2, -0.15) is 5.10 Å². The molecule has 2 heterocycles. The van der Waals surface area contributed by atoms with E-state index in [-0.39, 0.29) is 0 Å². The van der Waals surface area contributed by atoms with Gasteiger partial charge in [0.25, 0.3) is 0 Å². The number of thiazole rings is 1. The topological polar surface area (TPSA) is 46.5 Å².